The lowest BCUT2D eigenvalue weighted by Crippen LogP contribution is -2.35. The molecule has 1 fully saturated rings. The van der Waals surface area contributed by atoms with Crippen molar-refractivity contribution in [3.8, 4) is 17.2 Å². The highest BCUT2D eigenvalue weighted by molar-refractivity contribution is 7.92. The maximum atomic E-state index is 14.8. The van der Waals surface area contributed by atoms with E-state index in [4.69, 9.17) is 14.2 Å². The fraction of sp³-hybridized carbons (Fsp3) is 0.552. The number of nitrogens with zero attached hydrogens (tertiary/aromatic N) is 1. The fourth-order valence-electron chi connectivity index (χ4n) is 5.87. The van der Waals surface area contributed by atoms with Crippen molar-refractivity contribution in [2.24, 2.45) is 5.92 Å². The van der Waals surface area contributed by atoms with E-state index >= 15 is 0 Å². The summed E-state index contributed by atoms with van der Waals surface area (Å²) in [6, 6.07) is 9.08. The number of ether oxygens (including phenoxy) is 3. The van der Waals surface area contributed by atoms with E-state index in [-0.39, 0.29) is 24.8 Å². The van der Waals surface area contributed by atoms with Crippen LogP contribution >= 0.6 is 0 Å². The van der Waals surface area contributed by atoms with E-state index in [0.717, 1.165) is 24.8 Å². The highest BCUT2D eigenvalue weighted by atomic mass is 32.2. The van der Waals surface area contributed by atoms with E-state index in [1.54, 1.807) is 18.2 Å². The number of methoxy groups -OCH3 is 1. The van der Waals surface area contributed by atoms with Crippen molar-refractivity contribution in [3.63, 3.8) is 0 Å². The van der Waals surface area contributed by atoms with Crippen LogP contribution < -0.4 is 14.2 Å². The van der Waals surface area contributed by atoms with E-state index < -0.39 is 44.8 Å². The van der Waals surface area contributed by atoms with Gasteiger partial charge in [-0.3, -0.25) is 9.69 Å². The van der Waals surface area contributed by atoms with Gasteiger partial charge in [-0.2, -0.15) is 0 Å². The molecule has 0 radical (unpaired) electrons. The van der Waals surface area contributed by atoms with E-state index in [9.17, 15) is 22.7 Å². The third-order valence-electron chi connectivity index (χ3n) is 7.89. The Labute approximate surface area is 230 Å². The molecule has 2 heterocycles. The van der Waals surface area contributed by atoms with Gasteiger partial charge in [0.25, 0.3) is 0 Å². The SMILES string of the molecule is CCCCC(CCC)S(=O)(=O)CCN1C[C@H](c2ccc3c(c2)OCO3)[C@@H](C(=O)O)[C@@H]1c1ccc(OC)c(F)c1. The highest BCUT2D eigenvalue weighted by Crippen LogP contribution is 2.48. The van der Waals surface area contributed by atoms with Gasteiger partial charge in [0.2, 0.25) is 6.79 Å². The lowest BCUT2D eigenvalue weighted by molar-refractivity contribution is -0.143. The third kappa shape index (κ3) is 6.32. The van der Waals surface area contributed by atoms with Gasteiger partial charge in [-0.1, -0.05) is 45.2 Å². The zero-order chi connectivity index (χ0) is 28.2. The first-order chi connectivity index (χ1) is 18.7. The Morgan fingerprint density at radius 1 is 1.10 bits per heavy atom. The molecule has 2 aliphatic heterocycles. The molecule has 0 spiro atoms. The average molecular weight is 564 g/mol. The average Bonchev–Trinajstić information content (AvgIpc) is 3.54. The summed E-state index contributed by atoms with van der Waals surface area (Å²) in [7, 11) is -2.05. The molecule has 2 aliphatic rings. The molecule has 1 N–H and O–H groups in total. The van der Waals surface area contributed by atoms with E-state index in [2.05, 4.69) is 0 Å². The number of hydrogen-bond acceptors (Lipinski definition) is 7. The predicted octanol–water partition coefficient (Wildman–Crippen LogP) is 5.18. The van der Waals surface area contributed by atoms with Crippen molar-refractivity contribution in [2.45, 2.75) is 63.2 Å². The standard InChI is InChI=1S/C29H38FNO7S/c1-4-6-8-21(7-5-2)39(34,35)14-13-31-17-22(19-9-12-25-26(16-19)38-18-37-25)27(29(32)33)28(31)20-10-11-24(36-3)23(30)15-20/h9-12,15-16,21-22,27-28H,4-8,13-14,17-18H2,1-3H3,(H,32,33)/t21?,22-,27-,28+/m1/s1. The van der Waals surface area contributed by atoms with Crippen molar-refractivity contribution >= 4 is 15.8 Å². The molecule has 0 aromatic heterocycles. The molecule has 1 saturated heterocycles. The molecule has 1 unspecified atom stereocenters. The van der Waals surface area contributed by atoms with Crippen LogP contribution in [0.2, 0.25) is 0 Å². The van der Waals surface area contributed by atoms with Crippen LogP contribution in [0.15, 0.2) is 36.4 Å². The third-order valence-corrected chi connectivity index (χ3v) is 10.1. The molecular weight excluding hydrogens is 525 g/mol. The quantitative estimate of drug-likeness (QED) is 0.356. The monoisotopic (exact) mass is 563 g/mol. The Balaban J connectivity index is 1.68. The van der Waals surface area contributed by atoms with Gasteiger partial charge in [-0.25, -0.2) is 12.8 Å². The minimum atomic E-state index is -3.42. The Bertz CT molecular complexity index is 1270. The van der Waals surface area contributed by atoms with Gasteiger partial charge in [0, 0.05) is 25.0 Å². The van der Waals surface area contributed by atoms with Crippen molar-refractivity contribution in [1.29, 1.82) is 0 Å². The maximum absolute atomic E-state index is 14.8. The second-order valence-corrected chi connectivity index (χ2v) is 12.7. The fourth-order valence-corrected chi connectivity index (χ4v) is 7.82. The number of carboxylic acid groups (broad SMARTS) is 1. The molecule has 4 rings (SSSR count). The largest absolute Gasteiger partial charge is 0.494 e. The molecule has 0 amide bonds. The van der Waals surface area contributed by atoms with Crippen molar-refractivity contribution in [3.05, 3.63) is 53.3 Å². The molecule has 10 heteroatoms. The number of unbranched alkanes of at least 4 members (excludes halogenated alkanes) is 1. The molecule has 2 aromatic carbocycles. The number of fused-ring (bicyclic) bond motifs is 1. The zero-order valence-electron chi connectivity index (χ0n) is 22.8. The maximum Gasteiger partial charge on any atom is 0.309 e. The van der Waals surface area contributed by atoms with Gasteiger partial charge < -0.3 is 19.3 Å². The number of aliphatic carboxylic acids is 1. The molecule has 2 aromatic rings. The van der Waals surface area contributed by atoms with Crippen molar-refractivity contribution in [2.75, 3.05) is 32.7 Å². The van der Waals surface area contributed by atoms with Crippen LogP contribution in [0, 0.1) is 11.7 Å². The summed E-state index contributed by atoms with van der Waals surface area (Å²) in [6.45, 7) is 4.58. The number of benzene rings is 2. The Kier molecular flexibility index (Phi) is 9.38. The normalized spacial score (nSPS) is 21.7. The molecule has 39 heavy (non-hydrogen) atoms. The summed E-state index contributed by atoms with van der Waals surface area (Å²) in [5, 5.41) is 10.0. The highest BCUT2D eigenvalue weighted by Gasteiger charge is 2.48. The van der Waals surface area contributed by atoms with Crippen molar-refractivity contribution < 1.29 is 36.9 Å². The van der Waals surface area contributed by atoms with Crippen LogP contribution in [0.5, 0.6) is 17.2 Å². The number of halogens is 1. The second-order valence-electron chi connectivity index (χ2n) is 10.3. The Morgan fingerprint density at radius 3 is 2.51 bits per heavy atom. The molecule has 8 nitrogen and oxygen atoms in total. The minimum Gasteiger partial charge on any atom is -0.494 e. The van der Waals surface area contributed by atoms with Crippen molar-refractivity contribution in [1.82, 2.24) is 4.90 Å². The van der Waals surface area contributed by atoms with Gasteiger partial charge in [-0.05, 0) is 48.2 Å². The molecule has 0 saturated carbocycles. The smallest absolute Gasteiger partial charge is 0.309 e. The van der Waals surface area contributed by atoms with Crippen LogP contribution in [0.1, 0.15) is 69.0 Å². The second kappa shape index (κ2) is 12.6. The molecule has 0 bridgehead atoms. The summed E-state index contributed by atoms with van der Waals surface area (Å²) in [5.74, 6) is -1.93. The van der Waals surface area contributed by atoms with Gasteiger partial charge in [0.05, 0.1) is 24.0 Å². The van der Waals surface area contributed by atoms with Crippen LogP contribution in [-0.2, 0) is 14.6 Å². The number of sulfone groups is 1. The van der Waals surface area contributed by atoms with Crippen LogP contribution in [0.25, 0.3) is 0 Å². The first-order valence-corrected chi connectivity index (χ1v) is 15.3. The predicted molar refractivity (Wildman–Crippen MR) is 146 cm³/mol. The zero-order valence-corrected chi connectivity index (χ0v) is 23.6. The summed E-state index contributed by atoms with van der Waals surface area (Å²) >= 11 is 0. The molecule has 214 valence electrons. The van der Waals surface area contributed by atoms with E-state index in [0.29, 0.717) is 36.4 Å². The number of likely N-dealkylation sites (tertiary alicyclic amines) is 1. The first-order valence-electron chi connectivity index (χ1n) is 13.6. The van der Waals surface area contributed by atoms with Crippen LogP contribution in [0.3, 0.4) is 0 Å². The Hall–Kier alpha value is -2.85. The molecule has 0 aliphatic carbocycles. The van der Waals surface area contributed by atoms with Gasteiger partial charge in [-0.15, -0.1) is 0 Å². The molecule has 4 atom stereocenters. The summed E-state index contributed by atoms with van der Waals surface area (Å²) < 4.78 is 57.6. The number of rotatable bonds is 13. The summed E-state index contributed by atoms with van der Waals surface area (Å²) in [5.41, 5.74) is 1.22. The topological polar surface area (TPSA) is 102 Å². The van der Waals surface area contributed by atoms with E-state index in [1.807, 2.05) is 24.8 Å². The van der Waals surface area contributed by atoms with Crippen LogP contribution in [-0.4, -0.2) is 62.4 Å². The lowest BCUT2D eigenvalue weighted by Gasteiger charge is -2.28. The van der Waals surface area contributed by atoms with Gasteiger partial charge >= 0.3 is 5.97 Å². The minimum absolute atomic E-state index is 0.0587. The van der Waals surface area contributed by atoms with Gasteiger partial charge in [0.1, 0.15) is 0 Å². The molecular formula is C29H38FNO7S. The number of carboxylic acids is 1. The van der Waals surface area contributed by atoms with E-state index in [1.165, 1.54) is 19.2 Å². The number of carbonyl (C=O) groups is 1. The summed E-state index contributed by atoms with van der Waals surface area (Å²) in [4.78, 5) is 14.6. The number of hydrogen-bond donors (Lipinski definition) is 1. The Morgan fingerprint density at radius 2 is 1.85 bits per heavy atom. The first kappa shape index (κ1) is 29.1. The summed E-state index contributed by atoms with van der Waals surface area (Å²) in [6.07, 6.45) is 3.77. The lowest BCUT2D eigenvalue weighted by atomic mass is 9.82. The van der Waals surface area contributed by atoms with Gasteiger partial charge in [0.15, 0.2) is 32.9 Å². The van der Waals surface area contributed by atoms with Crippen LogP contribution in [0.4, 0.5) is 4.39 Å².